The van der Waals surface area contributed by atoms with Gasteiger partial charge in [0.05, 0.1) is 10.6 Å². The zero-order valence-corrected chi connectivity index (χ0v) is 41.8. The van der Waals surface area contributed by atoms with E-state index in [1.807, 2.05) is 62.2 Å². The molecule has 1 saturated carbocycles. The number of rotatable bonds is 19. The number of piperidine rings is 2. The Bertz CT molecular complexity index is 2930. The maximum Gasteiger partial charge on any atom is 0.298 e. The van der Waals surface area contributed by atoms with Crippen molar-refractivity contribution in [3.63, 3.8) is 0 Å². The summed E-state index contributed by atoms with van der Waals surface area (Å²) in [5.74, 6) is 1.23. The first-order valence-electron chi connectivity index (χ1n) is 23.6. The fourth-order valence-electron chi connectivity index (χ4n) is 11.4. The van der Waals surface area contributed by atoms with Gasteiger partial charge in [-0.25, -0.2) is 4.31 Å². The normalized spacial score (nSPS) is 20.5. The molecule has 2 saturated heterocycles. The van der Waals surface area contributed by atoms with Crippen molar-refractivity contribution in [3.8, 4) is 16.2 Å². The number of ether oxygens (including phenoxy) is 1. The van der Waals surface area contributed by atoms with Crippen LogP contribution in [0.15, 0.2) is 77.2 Å². The van der Waals surface area contributed by atoms with E-state index in [9.17, 15) is 24.0 Å². The number of oxazole rings is 1. The molecule has 4 aromatic carbocycles. The van der Waals surface area contributed by atoms with Crippen LogP contribution in [0.2, 0.25) is 5.02 Å². The Morgan fingerprint density at radius 3 is 2.57 bits per heavy atom. The number of nitrogens with zero attached hydrogens (tertiary/aromatic N) is 4. The third kappa shape index (κ3) is 9.14. The number of aldehydes is 2. The maximum absolute atomic E-state index is 12.9. The third-order valence-electron chi connectivity index (χ3n) is 14.5. The second kappa shape index (κ2) is 19.9. The first-order chi connectivity index (χ1) is 33.3. The minimum absolute atomic E-state index is 0.0112. The number of halogens is 1. The van der Waals surface area contributed by atoms with Crippen molar-refractivity contribution in [1.29, 1.82) is 0 Å². The molecule has 360 valence electrons. The lowest BCUT2D eigenvalue weighted by atomic mass is 9.84. The van der Waals surface area contributed by atoms with E-state index in [0.717, 1.165) is 88.1 Å². The van der Waals surface area contributed by atoms with E-state index in [1.165, 1.54) is 27.4 Å². The summed E-state index contributed by atoms with van der Waals surface area (Å²) in [4.78, 5) is 69.3. The van der Waals surface area contributed by atoms with Crippen molar-refractivity contribution >= 4 is 105 Å². The van der Waals surface area contributed by atoms with Gasteiger partial charge in [-0.2, -0.15) is 4.98 Å². The van der Waals surface area contributed by atoms with E-state index < -0.39 is 11.9 Å². The largest absolute Gasteiger partial charge is 0.483 e. The number of thiophene rings is 1. The number of hydrogen-bond acceptors (Lipinski definition) is 13. The van der Waals surface area contributed by atoms with Crippen LogP contribution in [-0.2, 0) is 24.9 Å². The highest BCUT2D eigenvalue weighted by Crippen LogP contribution is 2.59. The number of amides is 3. The minimum Gasteiger partial charge on any atom is -0.483 e. The van der Waals surface area contributed by atoms with Gasteiger partial charge in [-0.15, -0.1) is 11.3 Å². The predicted molar refractivity (Wildman–Crippen MR) is 276 cm³/mol. The van der Waals surface area contributed by atoms with Gasteiger partial charge in [-0.1, -0.05) is 79.4 Å². The summed E-state index contributed by atoms with van der Waals surface area (Å²) < 4.78 is 14.5. The number of hydrogen-bond donors (Lipinski definition) is 2. The topological polar surface area (TPSA) is 154 Å². The van der Waals surface area contributed by atoms with Gasteiger partial charge in [-0.3, -0.25) is 29.3 Å². The van der Waals surface area contributed by atoms with Crippen molar-refractivity contribution in [1.82, 2.24) is 14.6 Å². The van der Waals surface area contributed by atoms with Gasteiger partial charge >= 0.3 is 0 Å². The molecule has 16 heteroatoms. The molecule has 0 radical (unpaired) electrons. The molecular weight excluding hydrogens is 932 g/mol. The van der Waals surface area contributed by atoms with Gasteiger partial charge in [0.1, 0.15) is 28.1 Å². The van der Waals surface area contributed by atoms with Crippen LogP contribution >= 0.6 is 34.9 Å². The molecule has 1 aliphatic carbocycles. The highest BCUT2D eigenvalue weighted by Gasteiger charge is 2.62. The zero-order chi connectivity index (χ0) is 48.6. The van der Waals surface area contributed by atoms with Crippen LogP contribution in [0, 0.1) is 12.8 Å². The monoisotopic (exact) mass is 988 g/mol. The molecule has 4 atom stereocenters. The lowest BCUT2D eigenvalue weighted by molar-refractivity contribution is -0.127. The highest BCUT2D eigenvalue weighted by atomic mass is 35.5. The predicted octanol–water partition coefficient (Wildman–Crippen LogP) is 10.7. The molecule has 4 unspecified atom stereocenters. The van der Waals surface area contributed by atoms with Crippen molar-refractivity contribution in [2.45, 2.75) is 108 Å². The molecule has 2 aromatic heterocycles. The number of fused-ring (bicyclic) bond motifs is 4. The molecule has 0 spiro atoms. The summed E-state index contributed by atoms with van der Waals surface area (Å²) in [5.41, 5.74) is 7.45. The van der Waals surface area contributed by atoms with Crippen LogP contribution in [0.1, 0.15) is 98.5 Å². The molecule has 9 rings (SSSR count). The Morgan fingerprint density at radius 1 is 1.04 bits per heavy atom. The zero-order valence-electron chi connectivity index (χ0n) is 39.5. The molecule has 3 fully saturated rings. The summed E-state index contributed by atoms with van der Waals surface area (Å²) in [6.07, 6.45) is 7.35. The number of benzene rings is 4. The van der Waals surface area contributed by atoms with Crippen molar-refractivity contribution in [2.75, 3.05) is 34.8 Å². The molecule has 2 N–H and O–H groups in total. The van der Waals surface area contributed by atoms with Crippen molar-refractivity contribution in [2.24, 2.45) is 5.92 Å². The van der Waals surface area contributed by atoms with Crippen molar-refractivity contribution in [3.05, 3.63) is 99.4 Å². The number of carbonyl (C=O) groups is 5. The smallest absolute Gasteiger partial charge is 0.298 e. The number of nitrogens with one attached hydrogen (secondary N) is 2. The molecule has 3 aliphatic rings. The van der Waals surface area contributed by atoms with E-state index in [0.29, 0.717) is 65.8 Å². The molecule has 3 amide bonds. The van der Waals surface area contributed by atoms with E-state index in [1.54, 1.807) is 0 Å². The lowest BCUT2D eigenvalue weighted by Gasteiger charge is -2.48. The van der Waals surface area contributed by atoms with Crippen LogP contribution in [0.4, 0.5) is 17.4 Å². The fraction of sp³-hybridized carbons (Fsp3) is 0.396. The quantitative estimate of drug-likeness (QED) is 0.0586. The van der Waals surface area contributed by atoms with E-state index in [-0.39, 0.29) is 35.4 Å². The van der Waals surface area contributed by atoms with Gasteiger partial charge in [0.25, 0.3) is 6.01 Å². The first-order valence-corrected chi connectivity index (χ1v) is 25.7. The molecule has 13 nitrogen and oxygen atoms in total. The number of aromatic nitrogens is 1. The summed E-state index contributed by atoms with van der Waals surface area (Å²) in [6, 6.07) is 24.7. The van der Waals surface area contributed by atoms with Crippen LogP contribution in [0.5, 0.6) is 5.75 Å². The van der Waals surface area contributed by atoms with Gasteiger partial charge in [0.2, 0.25) is 18.7 Å². The summed E-state index contributed by atoms with van der Waals surface area (Å²) in [5, 5.41) is 8.45. The molecule has 2 aliphatic heterocycles. The second-order valence-corrected chi connectivity index (χ2v) is 21.6. The molecule has 6 aromatic rings. The average molecular weight is 990 g/mol. The number of anilines is 3. The molecule has 4 heterocycles. The maximum atomic E-state index is 12.9. The second-order valence-electron chi connectivity index (χ2n) is 19.3. The summed E-state index contributed by atoms with van der Waals surface area (Å²) in [6.45, 7) is 12.4. The van der Waals surface area contributed by atoms with Gasteiger partial charge < -0.3 is 24.3 Å². The van der Waals surface area contributed by atoms with Crippen molar-refractivity contribution < 1.29 is 33.1 Å². The average Bonchev–Trinajstić information content (AvgIpc) is 4.07. The first kappa shape index (κ1) is 48.3. The van der Waals surface area contributed by atoms with Gasteiger partial charge in [0, 0.05) is 47.0 Å². The summed E-state index contributed by atoms with van der Waals surface area (Å²) >= 11 is 9.84. The molecule has 2 bridgehead atoms. The van der Waals surface area contributed by atoms with Crippen LogP contribution in [0.3, 0.4) is 0 Å². The third-order valence-corrected chi connectivity index (χ3v) is 17.8. The number of aryl methyl sites for hydroxylation is 1. The van der Waals surface area contributed by atoms with Gasteiger partial charge in [0.15, 0.2) is 23.9 Å². The fourth-order valence-corrected chi connectivity index (χ4v) is 14.2. The number of carbonyl (C=O) groups excluding carboxylic acids is 5. The lowest BCUT2D eigenvalue weighted by Crippen LogP contribution is -2.55. The van der Waals surface area contributed by atoms with E-state index in [2.05, 4.69) is 77.0 Å². The standard InChI is InChI=1S/C53H57ClN6O7S2/c1-6-9-43(50(65)55-30-63)59(31-64)42-16-15-37(38-13-7-10-32(2)46(38)42)34-18-20-58(21-19-34)51-57-40-24-33(14-17-44(40)67-51)29-68-60-52(3,4)39-26-53(60,5)27-41(39)56-36-12-8-11-35(25-36)49-47(54)48(66-23-22-61)45(28-62)69-49/h7-8,10-17,22,24-25,28,30-31,34,39,41,43,56H,6,9,18-21,23,26-27,29H2,1-5H3,(H,55,63,65). The molecule has 69 heavy (non-hydrogen) atoms. The van der Waals surface area contributed by atoms with Crippen LogP contribution < -0.4 is 25.2 Å². The SMILES string of the molecule is CCCC(C(=O)NC=O)N(C=O)c1ccc(C2CCN(c3nc4cc(CSN5C6(C)CC(Nc7cccc(-c8sc(C=O)c(OCC=O)c8Cl)c7)C(C6)C5(C)C)ccc4o3)CC2)c2cccc(C)c12. The Hall–Kier alpha value is -5.74. The van der Waals surface area contributed by atoms with Gasteiger partial charge in [-0.05, 0) is 130 Å². The van der Waals surface area contributed by atoms with Crippen LogP contribution in [0.25, 0.3) is 32.3 Å². The Morgan fingerprint density at radius 2 is 1.84 bits per heavy atom. The Balaban J connectivity index is 0.840. The Kier molecular flexibility index (Phi) is 14.0. The minimum atomic E-state index is -0.806. The summed E-state index contributed by atoms with van der Waals surface area (Å²) in [7, 11) is 0. The van der Waals surface area contributed by atoms with E-state index >= 15 is 0 Å². The highest BCUT2D eigenvalue weighted by molar-refractivity contribution is 7.96. The number of imide groups is 1. The van der Waals surface area contributed by atoms with Crippen LogP contribution in [-0.4, -0.2) is 83.4 Å². The Labute approximate surface area is 415 Å². The van der Waals surface area contributed by atoms with E-state index in [4.69, 9.17) is 25.7 Å². The molecular formula is C53H57ClN6O7S2.